The van der Waals surface area contributed by atoms with Gasteiger partial charge in [0.2, 0.25) is 0 Å². The van der Waals surface area contributed by atoms with Crippen LogP contribution in [-0.4, -0.2) is 12.6 Å². The summed E-state index contributed by atoms with van der Waals surface area (Å²) < 4.78 is 18.0. The van der Waals surface area contributed by atoms with Crippen molar-refractivity contribution in [2.45, 2.75) is 32.2 Å². The molecule has 0 saturated heterocycles. The highest BCUT2D eigenvalue weighted by atomic mass is 19.1. The summed E-state index contributed by atoms with van der Waals surface area (Å²) in [6.45, 7) is 3.96. The van der Waals surface area contributed by atoms with Gasteiger partial charge in [-0.3, -0.25) is 0 Å². The van der Waals surface area contributed by atoms with Crippen LogP contribution in [0, 0.1) is 5.82 Å². The summed E-state index contributed by atoms with van der Waals surface area (Å²) >= 11 is 0. The fraction of sp³-hybridized carbons (Fsp3) is 0.500. The summed E-state index contributed by atoms with van der Waals surface area (Å²) in [4.78, 5) is 0. The van der Waals surface area contributed by atoms with Crippen LogP contribution < -0.4 is 10.5 Å². The summed E-state index contributed by atoms with van der Waals surface area (Å²) in [5.74, 6) is -0.0319. The molecule has 0 aliphatic rings. The summed E-state index contributed by atoms with van der Waals surface area (Å²) in [6, 6.07) is 4.92. The molecule has 0 amide bonds. The Morgan fingerprint density at radius 2 is 2.07 bits per heavy atom. The van der Waals surface area contributed by atoms with Crippen molar-refractivity contribution in [3.8, 4) is 5.75 Å². The van der Waals surface area contributed by atoms with Crippen LogP contribution in [0.15, 0.2) is 18.2 Å². The molecule has 84 valence electrons. The molecule has 0 saturated carbocycles. The van der Waals surface area contributed by atoms with E-state index in [1.165, 1.54) is 13.2 Å². The maximum atomic E-state index is 13.1. The van der Waals surface area contributed by atoms with Crippen molar-refractivity contribution < 1.29 is 9.13 Å². The van der Waals surface area contributed by atoms with Gasteiger partial charge in [0.1, 0.15) is 0 Å². The molecule has 1 aromatic rings. The second kappa shape index (κ2) is 4.62. The van der Waals surface area contributed by atoms with Gasteiger partial charge in [0.15, 0.2) is 11.6 Å². The van der Waals surface area contributed by atoms with Crippen molar-refractivity contribution in [3.63, 3.8) is 0 Å². The Hall–Kier alpha value is -1.09. The number of benzene rings is 1. The standard InChI is InChI=1S/C12H18FNO/c1-12(2,14)7-6-9-4-5-10(13)11(8-9)15-3/h4-5,8H,6-7,14H2,1-3H3. The second-order valence-corrected chi connectivity index (χ2v) is 4.46. The number of hydrogen-bond donors (Lipinski definition) is 1. The quantitative estimate of drug-likeness (QED) is 0.830. The normalized spacial score (nSPS) is 11.5. The van der Waals surface area contributed by atoms with Crippen LogP contribution in [-0.2, 0) is 6.42 Å². The molecular weight excluding hydrogens is 193 g/mol. The Labute approximate surface area is 90.2 Å². The Bertz CT molecular complexity index is 331. The zero-order valence-electron chi connectivity index (χ0n) is 9.51. The minimum atomic E-state index is -0.326. The lowest BCUT2D eigenvalue weighted by atomic mass is 9.96. The molecule has 15 heavy (non-hydrogen) atoms. The van der Waals surface area contributed by atoms with Gasteiger partial charge >= 0.3 is 0 Å². The van der Waals surface area contributed by atoms with Crippen LogP contribution in [0.2, 0.25) is 0 Å². The van der Waals surface area contributed by atoms with Crippen molar-refractivity contribution in [1.82, 2.24) is 0 Å². The number of halogens is 1. The van der Waals surface area contributed by atoms with E-state index < -0.39 is 0 Å². The van der Waals surface area contributed by atoms with Gasteiger partial charge in [-0.25, -0.2) is 4.39 Å². The predicted molar refractivity (Wildman–Crippen MR) is 59.5 cm³/mol. The first-order valence-corrected chi connectivity index (χ1v) is 5.04. The van der Waals surface area contributed by atoms with E-state index in [0.29, 0.717) is 5.75 Å². The fourth-order valence-corrected chi connectivity index (χ4v) is 1.33. The predicted octanol–water partition coefficient (Wildman–Crippen LogP) is 2.50. The van der Waals surface area contributed by atoms with E-state index in [2.05, 4.69) is 0 Å². The Balaban J connectivity index is 2.70. The molecule has 1 aromatic carbocycles. The Morgan fingerprint density at radius 1 is 1.40 bits per heavy atom. The van der Waals surface area contributed by atoms with E-state index >= 15 is 0 Å². The molecule has 0 heterocycles. The van der Waals surface area contributed by atoms with Gasteiger partial charge in [-0.2, -0.15) is 0 Å². The first-order chi connectivity index (χ1) is 6.92. The highest BCUT2D eigenvalue weighted by Gasteiger charge is 2.11. The number of ether oxygens (including phenoxy) is 1. The van der Waals surface area contributed by atoms with Crippen LogP contribution in [0.3, 0.4) is 0 Å². The zero-order chi connectivity index (χ0) is 11.5. The van der Waals surface area contributed by atoms with Crippen LogP contribution in [0.5, 0.6) is 5.75 Å². The molecule has 0 aromatic heterocycles. The lowest BCUT2D eigenvalue weighted by Crippen LogP contribution is -2.32. The summed E-state index contributed by atoms with van der Waals surface area (Å²) in [5, 5.41) is 0. The number of nitrogens with two attached hydrogens (primary N) is 1. The first-order valence-electron chi connectivity index (χ1n) is 5.04. The summed E-state index contributed by atoms with van der Waals surface area (Å²) in [7, 11) is 1.47. The van der Waals surface area contributed by atoms with Gasteiger partial charge < -0.3 is 10.5 Å². The van der Waals surface area contributed by atoms with Crippen molar-refractivity contribution in [2.75, 3.05) is 7.11 Å². The van der Waals surface area contributed by atoms with Crippen LogP contribution in [0.1, 0.15) is 25.8 Å². The van der Waals surface area contributed by atoms with Crippen molar-refractivity contribution in [3.05, 3.63) is 29.6 Å². The van der Waals surface area contributed by atoms with Gasteiger partial charge in [0.25, 0.3) is 0 Å². The van der Waals surface area contributed by atoms with Crippen LogP contribution in [0.25, 0.3) is 0 Å². The maximum Gasteiger partial charge on any atom is 0.165 e. The molecule has 0 unspecified atom stereocenters. The third-order valence-electron chi connectivity index (χ3n) is 2.27. The van der Waals surface area contributed by atoms with Gasteiger partial charge in [-0.1, -0.05) is 6.07 Å². The van der Waals surface area contributed by atoms with Gasteiger partial charge in [0.05, 0.1) is 7.11 Å². The zero-order valence-corrected chi connectivity index (χ0v) is 9.51. The molecule has 0 aliphatic heterocycles. The molecule has 0 atom stereocenters. The molecule has 0 bridgehead atoms. The van der Waals surface area contributed by atoms with Gasteiger partial charge in [-0.15, -0.1) is 0 Å². The van der Waals surface area contributed by atoms with E-state index in [-0.39, 0.29) is 11.4 Å². The smallest absolute Gasteiger partial charge is 0.165 e. The Kier molecular flexibility index (Phi) is 3.69. The van der Waals surface area contributed by atoms with Crippen molar-refractivity contribution in [1.29, 1.82) is 0 Å². The van der Waals surface area contributed by atoms with E-state index in [1.54, 1.807) is 12.1 Å². The number of hydrogen-bond acceptors (Lipinski definition) is 2. The third kappa shape index (κ3) is 3.88. The summed E-state index contributed by atoms with van der Waals surface area (Å²) in [6.07, 6.45) is 1.70. The largest absolute Gasteiger partial charge is 0.494 e. The molecule has 3 heteroatoms. The van der Waals surface area contributed by atoms with Gasteiger partial charge in [0, 0.05) is 5.54 Å². The average molecular weight is 211 g/mol. The van der Waals surface area contributed by atoms with Crippen LogP contribution >= 0.6 is 0 Å². The van der Waals surface area contributed by atoms with E-state index in [4.69, 9.17) is 10.5 Å². The second-order valence-electron chi connectivity index (χ2n) is 4.46. The SMILES string of the molecule is COc1cc(CCC(C)(C)N)ccc1F. The average Bonchev–Trinajstić information content (AvgIpc) is 2.15. The molecule has 0 radical (unpaired) electrons. The van der Waals surface area contributed by atoms with E-state index in [1.807, 2.05) is 13.8 Å². The molecule has 2 N–H and O–H groups in total. The molecule has 0 spiro atoms. The molecule has 1 rings (SSSR count). The maximum absolute atomic E-state index is 13.1. The monoisotopic (exact) mass is 211 g/mol. The number of aryl methyl sites for hydroxylation is 1. The molecule has 2 nitrogen and oxygen atoms in total. The van der Waals surface area contributed by atoms with Crippen LogP contribution in [0.4, 0.5) is 4.39 Å². The first kappa shape index (κ1) is 12.0. The Morgan fingerprint density at radius 3 is 2.60 bits per heavy atom. The van der Waals surface area contributed by atoms with Gasteiger partial charge in [-0.05, 0) is 44.4 Å². The number of rotatable bonds is 4. The minimum absolute atomic E-state index is 0.193. The third-order valence-corrected chi connectivity index (χ3v) is 2.27. The summed E-state index contributed by atoms with van der Waals surface area (Å²) in [5.41, 5.74) is 6.73. The molecule has 0 aliphatic carbocycles. The molecular formula is C12H18FNO. The van der Waals surface area contributed by atoms with E-state index in [0.717, 1.165) is 18.4 Å². The molecule has 0 fully saturated rings. The number of methoxy groups -OCH3 is 1. The highest BCUT2D eigenvalue weighted by Crippen LogP contribution is 2.20. The topological polar surface area (TPSA) is 35.2 Å². The van der Waals surface area contributed by atoms with Crippen molar-refractivity contribution in [2.24, 2.45) is 5.73 Å². The minimum Gasteiger partial charge on any atom is -0.494 e. The van der Waals surface area contributed by atoms with Crippen molar-refractivity contribution >= 4 is 0 Å². The lowest BCUT2D eigenvalue weighted by molar-refractivity contribution is 0.385. The fourth-order valence-electron chi connectivity index (χ4n) is 1.33. The van der Waals surface area contributed by atoms with E-state index in [9.17, 15) is 4.39 Å². The lowest BCUT2D eigenvalue weighted by Gasteiger charge is -2.18. The highest BCUT2D eigenvalue weighted by molar-refractivity contribution is 5.30.